The van der Waals surface area contributed by atoms with Gasteiger partial charge in [-0.05, 0) is 38.9 Å². The van der Waals surface area contributed by atoms with Crippen LogP contribution < -0.4 is 10.6 Å². The van der Waals surface area contributed by atoms with Crippen LogP contribution in [0.4, 0.5) is 14.6 Å². The summed E-state index contributed by atoms with van der Waals surface area (Å²) in [7, 11) is 1.81. The van der Waals surface area contributed by atoms with Gasteiger partial charge in [0.05, 0.1) is 34.6 Å². The van der Waals surface area contributed by atoms with Crippen LogP contribution >= 0.6 is 0 Å². The van der Waals surface area contributed by atoms with Gasteiger partial charge in [-0.2, -0.15) is 0 Å². The van der Waals surface area contributed by atoms with Crippen LogP contribution in [0.1, 0.15) is 34.6 Å². The Balaban J connectivity index is 1.85. The van der Waals surface area contributed by atoms with Crippen molar-refractivity contribution in [2.24, 2.45) is 0 Å². The predicted molar refractivity (Wildman–Crippen MR) is 105 cm³/mol. The minimum atomic E-state index is -2.51. The van der Waals surface area contributed by atoms with E-state index in [0.29, 0.717) is 33.7 Å². The molecule has 4 N–H and O–H groups in total. The quantitative estimate of drug-likeness (QED) is 0.483. The van der Waals surface area contributed by atoms with Crippen molar-refractivity contribution >= 4 is 22.8 Å². The molecule has 0 bridgehead atoms. The first-order valence-electron chi connectivity index (χ1n) is 9.30. The van der Waals surface area contributed by atoms with Crippen LogP contribution in [0.25, 0.3) is 22.3 Å². The molecular weight excluding hydrogens is 380 g/mol. The second kappa shape index (κ2) is 7.07. The second-order valence-corrected chi connectivity index (χ2v) is 7.21. The summed E-state index contributed by atoms with van der Waals surface area (Å²) in [5.41, 5.74) is 3.37. The Kier molecular flexibility index (Phi) is 4.70. The van der Waals surface area contributed by atoms with Gasteiger partial charge >= 0.3 is 5.97 Å². The summed E-state index contributed by atoms with van der Waals surface area (Å²) in [6.07, 6.45) is -0.817. The van der Waals surface area contributed by atoms with E-state index in [1.807, 2.05) is 19.2 Å². The van der Waals surface area contributed by atoms with E-state index in [1.165, 1.54) is 0 Å². The SMILES string of the molecule is CNC1(c2[nH]c(-c3cccc4nc(C)c(NCC(F)F)nc34)cc2C(=O)O)CC1. The lowest BCUT2D eigenvalue weighted by Crippen LogP contribution is -2.27. The number of anilines is 1. The van der Waals surface area contributed by atoms with Crippen LogP contribution in [-0.2, 0) is 5.54 Å². The number of carboxylic acid groups (broad SMARTS) is 1. The lowest BCUT2D eigenvalue weighted by molar-refractivity contribution is 0.0694. The van der Waals surface area contributed by atoms with E-state index in [2.05, 4.69) is 25.6 Å². The minimum absolute atomic E-state index is 0.208. The molecule has 2 heterocycles. The van der Waals surface area contributed by atoms with E-state index in [4.69, 9.17) is 0 Å². The van der Waals surface area contributed by atoms with Gasteiger partial charge in [-0.3, -0.25) is 0 Å². The maximum atomic E-state index is 12.6. The van der Waals surface area contributed by atoms with Crippen LogP contribution in [0.5, 0.6) is 0 Å². The number of aromatic nitrogens is 3. The van der Waals surface area contributed by atoms with Gasteiger partial charge in [0, 0.05) is 11.3 Å². The summed E-state index contributed by atoms with van der Waals surface area (Å²) in [4.78, 5) is 24.1. The van der Waals surface area contributed by atoms with E-state index < -0.39 is 18.9 Å². The number of para-hydroxylation sites is 1. The molecule has 4 rings (SSSR count). The zero-order chi connectivity index (χ0) is 20.8. The molecule has 0 radical (unpaired) electrons. The molecule has 1 saturated carbocycles. The number of rotatable bonds is 7. The van der Waals surface area contributed by atoms with Gasteiger partial charge in [-0.15, -0.1) is 0 Å². The summed E-state index contributed by atoms with van der Waals surface area (Å²) >= 11 is 0. The predicted octanol–water partition coefficient (Wildman–Crippen LogP) is 3.52. The van der Waals surface area contributed by atoms with Crippen LogP contribution in [-0.4, -0.2) is 46.0 Å². The Morgan fingerprint density at radius 3 is 2.72 bits per heavy atom. The van der Waals surface area contributed by atoms with Gasteiger partial charge in [-0.25, -0.2) is 23.5 Å². The average molecular weight is 401 g/mol. The number of alkyl halides is 2. The molecule has 152 valence electrons. The molecule has 0 atom stereocenters. The fourth-order valence-electron chi connectivity index (χ4n) is 3.62. The molecule has 7 nitrogen and oxygen atoms in total. The van der Waals surface area contributed by atoms with Crippen molar-refractivity contribution in [3.63, 3.8) is 0 Å². The van der Waals surface area contributed by atoms with Gasteiger partial charge in [0.2, 0.25) is 0 Å². The molecule has 2 aromatic heterocycles. The van der Waals surface area contributed by atoms with Crippen molar-refractivity contribution in [1.82, 2.24) is 20.3 Å². The Labute approximate surface area is 165 Å². The van der Waals surface area contributed by atoms with Gasteiger partial charge in [0.25, 0.3) is 6.43 Å². The van der Waals surface area contributed by atoms with Crippen molar-refractivity contribution in [1.29, 1.82) is 0 Å². The summed E-state index contributed by atoms with van der Waals surface area (Å²) < 4.78 is 25.2. The third kappa shape index (κ3) is 3.42. The Hall–Kier alpha value is -3.07. The lowest BCUT2D eigenvalue weighted by atomic mass is 10.1. The standard InChI is InChI=1S/C20H21F2N5O2/c1-10-18(24-9-15(21)22)27-16-11(4-3-5-13(16)25-10)14-8-12(19(28)29)17(26-14)20(23-2)6-7-20/h3-5,8,15,23,26H,6-7,9H2,1-2H3,(H,24,27)(H,28,29). The maximum absolute atomic E-state index is 12.6. The zero-order valence-electron chi connectivity index (χ0n) is 16.0. The number of H-pyrrole nitrogens is 1. The number of carbonyl (C=O) groups is 1. The molecule has 1 aliphatic carbocycles. The van der Waals surface area contributed by atoms with Crippen molar-refractivity contribution in [3.8, 4) is 11.3 Å². The molecule has 0 aliphatic heterocycles. The van der Waals surface area contributed by atoms with Crippen molar-refractivity contribution in [2.45, 2.75) is 31.7 Å². The number of nitrogens with one attached hydrogen (secondary N) is 3. The normalized spacial score (nSPS) is 15.1. The number of fused-ring (bicyclic) bond motifs is 1. The lowest BCUT2D eigenvalue weighted by Gasteiger charge is -2.14. The topological polar surface area (TPSA) is 103 Å². The highest BCUT2D eigenvalue weighted by atomic mass is 19.3. The average Bonchev–Trinajstić information content (AvgIpc) is 3.35. The number of nitrogens with zero attached hydrogens (tertiary/aromatic N) is 2. The molecular formula is C20H21F2N5O2. The fraction of sp³-hybridized carbons (Fsp3) is 0.350. The largest absolute Gasteiger partial charge is 0.478 e. The Morgan fingerprint density at radius 2 is 2.10 bits per heavy atom. The van der Waals surface area contributed by atoms with E-state index in [0.717, 1.165) is 12.8 Å². The molecule has 0 unspecified atom stereocenters. The van der Waals surface area contributed by atoms with E-state index >= 15 is 0 Å². The monoisotopic (exact) mass is 401 g/mol. The van der Waals surface area contributed by atoms with Crippen molar-refractivity contribution in [2.75, 3.05) is 18.9 Å². The summed E-state index contributed by atoms with van der Waals surface area (Å²) in [5, 5.41) is 15.5. The molecule has 1 fully saturated rings. The number of halogens is 2. The van der Waals surface area contributed by atoms with Crippen LogP contribution in [0.15, 0.2) is 24.3 Å². The van der Waals surface area contributed by atoms with Crippen LogP contribution in [0, 0.1) is 6.92 Å². The first-order valence-corrected chi connectivity index (χ1v) is 9.30. The highest BCUT2D eigenvalue weighted by Crippen LogP contribution is 2.47. The number of aromatic amines is 1. The minimum Gasteiger partial charge on any atom is -0.478 e. The van der Waals surface area contributed by atoms with Crippen molar-refractivity contribution < 1.29 is 18.7 Å². The van der Waals surface area contributed by atoms with Crippen LogP contribution in [0.3, 0.4) is 0 Å². The Bertz CT molecular complexity index is 1090. The smallest absolute Gasteiger partial charge is 0.337 e. The van der Waals surface area contributed by atoms with Gasteiger partial charge in [-0.1, -0.05) is 12.1 Å². The number of hydrogen-bond acceptors (Lipinski definition) is 5. The molecule has 1 aromatic carbocycles. The molecule has 0 spiro atoms. The number of aromatic carboxylic acids is 1. The molecule has 3 aromatic rings. The molecule has 1 aliphatic rings. The van der Waals surface area contributed by atoms with E-state index in [-0.39, 0.29) is 16.9 Å². The number of benzene rings is 1. The number of carboxylic acids is 1. The van der Waals surface area contributed by atoms with Crippen LogP contribution in [0.2, 0.25) is 0 Å². The summed E-state index contributed by atoms with van der Waals surface area (Å²) in [6.45, 7) is 1.18. The summed E-state index contributed by atoms with van der Waals surface area (Å²) in [6, 6.07) is 7.00. The van der Waals surface area contributed by atoms with Gasteiger partial charge < -0.3 is 20.7 Å². The van der Waals surface area contributed by atoms with E-state index in [9.17, 15) is 18.7 Å². The highest BCUT2D eigenvalue weighted by molar-refractivity contribution is 5.96. The van der Waals surface area contributed by atoms with Gasteiger partial charge in [0.15, 0.2) is 0 Å². The maximum Gasteiger partial charge on any atom is 0.337 e. The first kappa shape index (κ1) is 19.3. The highest BCUT2D eigenvalue weighted by Gasteiger charge is 2.46. The second-order valence-electron chi connectivity index (χ2n) is 7.21. The molecule has 0 amide bonds. The van der Waals surface area contributed by atoms with E-state index in [1.54, 1.807) is 19.1 Å². The third-order valence-electron chi connectivity index (χ3n) is 5.34. The molecule has 29 heavy (non-hydrogen) atoms. The van der Waals surface area contributed by atoms with Crippen molar-refractivity contribution in [3.05, 3.63) is 41.2 Å². The summed E-state index contributed by atoms with van der Waals surface area (Å²) in [5.74, 6) is -0.727. The third-order valence-corrected chi connectivity index (χ3v) is 5.34. The zero-order valence-corrected chi connectivity index (χ0v) is 16.0. The first-order chi connectivity index (χ1) is 13.8. The number of aryl methyl sites for hydroxylation is 1. The molecule has 9 heteroatoms. The number of hydrogen-bond donors (Lipinski definition) is 4. The fourth-order valence-corrected chi connectivity index (χ4v) is 3.62. The molecule has 0 saturated heterocycles. The van der Waals surface area contributed by atoms with Gasteiger partial charge in [0.1, 0.15) is 11.3 Å². The Morgan fingerprint density at radius 1 is 1.34 bits per heavy atom.